The van der Waals surface area contributed by atoms with E-state index in [0.29, 0.717) is 30.3 Å². The molecule has 0 aliphatic heterocycles. The number of hydrogen-bond acceptors (Lipinski definition) is 3. The van der Waals surface area contributed by atoms with Gasteiger partial charge in [0, 0.05) is 12.5 Å². The first-order valence-corrected chi connectivity index (χ1v) is 6.54. The molecule has 0 fully saturated rings. The van der Waals surface area contributed by atoms with Crippen LogP contribution in [0, 0.1) is 5.92 Å². The van der Waals surface area contributed by atoms with Gasteiger partial charge in [-0.25, -0.2) is 0 Å². The molecule has 98 valence electrons. The smallest absolute Gasteiger partial charge is 0.225 e. The average molecular weight is 260 g/mol. The number of hydrogen-bond donors (Lipinski definition) is 0. The lowest BCUT2D eigenvalue weighted by molar-refractivity contribution is 0.0949. The molecule has 0 aromatic carbocycles. The van der Waals surface area contributed by atoms with Gasteiger partial charge in [0.25, 0.3) is 0 Å². The van der Waals surface area contributed by atoms with Gasteiger partial charge in [-0.3, -0.25) is 4.57 Å². The summed E-state index contributed by atoms with van der Waals surface area (Å²) in [4.78, 5) is 0. The summed E-state index contributed by atoms with van der Waals surface area (Å²) in [6, 6.07) is 0.190. The standard InChI is InChI=1S/C12H22ClN3O/c1-6-17-7-10(8(2)3)16-11(9(4)5)14-15-12(16)13/h8-10H,6-7H2,1-5H3. The average Bonchev–Trinajstić information content (AvgIpc) is 2.61. The molecule has 0 N–H and O–H groups in total. The van der Waals surface area contributed by atoms with E-state index >= 15 is 0 Å². The minimum Gasteiger partial charge on any atom is -0.380 e. The number of rotatable bonds is 6. The second-order valence-electron chi connectivity index (χ2n) is 4.82. The molecule has 0 aliphatic rings. The van der Waals surface area contributed by atoms with Gasteiger partial charge in [0.2, 0.25) is 5.28 Å². The summed E-state index contributed by atoms with van der Waals surface area (Å²) in [6.07, 6.45) is 0. The molecule has 1 heterocycles. The van der Waals surface area contributed by atoms with Crippen LogP contribution < -0.4 is 0 Å². The maximum Gasteiger partial charge on any atom is 0.225 e. The Labute approximate surface area is 108 Å². The zero-order valence-electron chi connectivity index (χ0n) is 11.3. The first-order valence-electron chi connectivity index (χ1n) is 6.17. The van der Waals surface area contributed by atoms with Crippen molar-refractivity contribution < 1.29 is 4.74 Å². The van der Waals surface area contributed by atoms with Gasteiger partial charge in [0.1, 0.15) is 5.82 Å². The lowest BCUT2D eigenvalue weighted by Gasteiger charge is -2.25. The summed E-state index contributed by atoms with van der Waals surface area (Å²) in [5, 5.41) is 8.58. The molecule has 0 spiro atoms. The molecule has 0 saturated heterocycles. The van der Waals surface area contributed by atoms with Gasteiger partial charge < -0.3 is 4.74 Å². The Morgan fingerprint density at radius 1 is 1.24 bits per heavy atom. The lowest BCUT2D eigenvalue weighted by atomic mass is 10.0. The van der Waals surface area contributed by atoms with Crippen LogP contribution in [-0.4, -0.2) is 28.0 Å². The van der Waals surface area contributed by atoms with Crippen LogP contribution in [-0.2, 0) is 4.74 Å². The molecule has 4 nitrogen and oxygen atoms in total. The summed E-state index contributed by atoms with van der Waals surface area (Å²) in [7, 11) is 0. The van der Waals surface area contributed by atoms with Gasteiger partial charge in [-0.1, -0.05) is 27.7 Å². The van der Waals surface area contributed by atoms with Gasteiger partial charge in [-0.2, -0.15) is 0 Å². The third kappa shape index (κ3) is 3.42. The van der Waals surface area contributed by atoms with Crippen LogP contribution >= 0.6 is 11.6 Å². The van der Waals surface area contributed by atoms with E-state index in [1.54, 1.807) is 0 Å². The Morgan fingerprint density at radius 2 is 1.88 bits per heavy atom. The molecule has 0 bridgehead atoms. The number of halogens is 1. The predicted molar refractivity (Wildman–Crippen MR) is 69.5 cm³/mol. The van der Waals surface area contributed by atoms with Gasteiger partial charge in [-0.15, -0.1) is 10.2 Å². The topological polar surface area (TPSA) is 39.9 Å². The lowest BCUT2D eigenvalue weighted by Crippen LogP contribution is -2.23. The maximum absolute atomic E-state index is 6.14. The maximum atomic E-state index is 6.14. The molecule has 0 saturated carbocycles. The molecule has 1 aromatic heterocycles. The molecule has 0 radical (unpaired) electrons. The highest BCUT2D eigenvalue weighted by molar-refractivity contribution is 6.28. The van der Waals surface area contributed by atoms with Crippen molar-refractivity contribution in [2.24, 2.45) is 5.92 Å². The van der Waals surface area contributed by atoms with Crippen molar-refractivity contribution in [1.82, 2.24) is 14.8 Å². The summed E-state index contributed by atoms with van der Waals surface area (Å²) in [5.74, 6) is 1.65. The largest absolute Gasteiger partial charge is 0.380 e. The normalized spacial score (nSPS) is 13.6. The highest BCUT2D eigenvalue weighted by atomic mass is 35.5. The Hall–Kier alpha value is -0.610. The van der Waals surface area contributed by atoms with Crippen LogP contribution in [0.5, 0.6) is 0 Å². The van der Waals surface area contributed by atoms with Gasteiger partial charge in [-0.05, 0) is 24.4 Å². The van der Waals surface area contributed by atoms with Crippen LogP contribution in [0.4, 0.5) is 0 Å². The summed E-state index contributed by atoms with van der Waals surface area (Å²) >= 11 is 6.14. The van der Waals surface area contributed by atoms with Crippen molar-refractivity contribution in [3.63, 3.8) is 0 Å². The van der Waals surface area contributed by atoms with Crippen LogP contribution in [0.2, 0.25) is 5.28 Å². The SMILES string of the molecule is CCOCC(C(C)C)n1c(Cl)nnc1C(C)C. The molecule has 17 heavy (non-hydrogen) atoms. The molecule has 1 rings (SSSR count). The fourth-order valence-electron chi connectivity index (χ4n) is 1.79. The van der Waals surface area contributed by atoms with Crippen LogP contribution in [0.3, 0.4) is 0 Å². The molecule has 0 amide bonds. The summed E-state index contributed by atoms with van der Waals surface area (Å²) in [6.45, 7) is 11.8. The zero-order valence-corrected chi connectivity index (χ0v) is 12.0. The molecule has 0 aliphatic carbocycles. The van der Waals surface area contributed by atoms with E-state index in [2.05, 4.69) is 37.9 Å². The zero-order chi connectivity index (χ0) is 13.0. The van der Waals surface area contributed by atoms with Crippen LogP contribution in [0.15, 0.2) is 0 Å². The van der Waals surface area contributed by atoms with Crippen LogP contribution in [0.25, 0.3) is 0 Å². The van der Waals surface area contributed by atoms with Crippen molar-refractivity contribution in [3.05, 3.63) is 11.1 Å². The fraction of sp³-hybridized carbons (Fsp3) is 0.833. The quantitative estimate of drug-likeness (QED) is 0.787. The van der Waals surface area contributed by atoms with Crippen molar-refractivity contribution in [2.75, 3.05) is 13.2 Å². The fourth-order valence-corrected chi connectivity index (χ4v) is 2.04. The van der Waals surface area contributed by atoms with E-state index in [4.69, 9.17) is 16.3 Å². The molecular weight excluding hydrogens is 238 g/mol. The molecule has 5 heteroatoms. The molecule has 1 aromatic rings. The number of nitrogens with zero attached hydrogens (tertiary/aromatic N) is 3. The number of aromatic nitrogens is 3. The molecule has 1 atom stereocenters. The van der Waals surface area contributed by atoms with E-state index in [1.165, 1.54) is 0 Å². The Balaban J connectivity index is 3.03. The van der Waals surface area contributed by atoms with E-state index in [0.717, 1.165) is 5.82 Å². The summed E-state index contributed by atoms with van der Waals surface area (Å²) in [5.41, 5.74) is 0. The monoisotopic (exact) mass is 259 g/mol. The predicted octanol–water partition coefficient (Wildman–Crippen LogP) is 3.29. The van der Waals surface area contributed by atoms with Gasteiger partial charge in [0.05, 0.1) is 12.6 Å². The van der Waals surface area contributed by atoms with Crippen molar-refractivity contribution in [3.8, 4) is 0 Å². The molecule has 1 unspecified atom stereocenters. The minimum absolute atomic E-state index is 0.190. The second-order valence-corrected chi connectivity index (χ2v) is 5.16. The first-order chi connectivity index (χ1) is 7.99. The van der Waals surface area contributed by atoms with E-state index in [1.807, 2.05) is 11.5 Å². The van der Waals surface area contributed by atoms with Gasteiger partial charge >= 0.3 is 0 Å². The van der Waals surface area contributed by atoms with Crippen molar-refractivity contribution >= 4 is 11.6 Å². The van der Waals surface area contributed by atoms with Crippen molar-refractivity contribution in [2.45, 2.75) is 46.6 Å². The third-order valence-electron chi connectivity index (χ3n) is 2.79. The van der Waals surface area contributed by atoms with Gasteiger partial charge in [0.15, 0.2) is 0 Å². The van der Waals surface area contributed by atoms with Crippen LogP contribution in [0.1, 0.15) is 52.4 Å². The van der Waals surface area contributed by atoms with E-state index < -0.39 is 0 Å². The Bertz CT molecular complexity index is 350. The highest BCUT2D eigenvalue weighted by Crippen LogP contribution is 2.27. The molecular formula is C12H22ClN3O. The van der Waals surface area contributed by atoms with Crippen molar-refractivity contribution in [1.29, 1.82) is 0 Å². The van der Waals surface area contributed by atoms with E-state index in [9.17, 15) is 0 Å². The number of ether oxygens (including phenoxy) is 1. The Morgan fingerprint density at radius 3 is 2.35 bits per heavy atom. The third-order valence-corrected chi connectivity index (χ3v) is 3.05. The summed E-state index contributed by atoms with van der Waals surface area (Å²) < 4.78 is 7.54. The highest BCUT2D eigenvalue weighted by Gasteiger charge is 2.24. The van der Waals surface area contributed by atoms with E-state index in [-0.39, 0.29) is 6.04 Å². The first kappa shape index (κ1) is 14.5. The minimum atomic E-state index is 0.190. The second kappa shape index (κ2) is 6.36. The Kier molecular flexibility index (Phi) is 5.40.